The van der Waals surface area contributed by atoms with Gasteiger partial charge < -0.3 is 10.0 Å². The van der Waals surface area contributed by atoms with Crippen LogP contribution in [0.3, 0.4) is 0 Å². The largest absolute Gasteiger partial charge is 0.477 e. The molecule has 0 aliphatic heterocycles. The van der Waals surface area contributed by atoms with Gasteiger partial charge in [0.05, 0.1) is 5.69 Å². The summed E-state index contributed by atoms with van der Waals surface area (Å²) in [5.74, 6) is 0.851. The summed E-state index contributed by atoms with van der Waals surface area (Å²) in [5, 5.41) is 24.6. The topological polar surface area (TPSA) is 112 Å². The zero-order chi connectivity index (χ0) is 24.4. The van der Waals surface area contributed by atoms with Gasteiger partial charge in [0.1, 0.15) is 4.88 Å². The Kier molecular flexibility index (Phi) is 7.32. The van der Waals surface area contributed by atoms with Crippen LogP contribution in [0.1, 0.15) is 110 Å². The Balaban J connectivity index is 1.46. The molecule has 0 bridgehead atoms. The molecule has 0 unspecified atom stereocenters. The zero-order valence-corrected chi connectivity index (χ0v) is 21.2. The van der Waals surface area contributed by atoms with E-state index in [0.717, 1.165) is 81.3 Å². The Bertz CT molecular complexity index is 1060. The molecular weight excluding hydrogens is 462 g/mol. The molecule has 9 heteroatoms. The summed E-state index contributed by atoms with van der Waals surface area (Å²) in [4.78, 5) is 29.7. The van der Waals surface area contributed by atoms with Crippen LogP contribution in [0.4, 0.5) is 5.69 Å². The van der Waals surface area contributed by atoms with Gasteiger partial charge in [-0.25, -0.2) is 9.89 Å². The number of aromatic nitrogens is 4. The molecule has 188 valence electrons. The number of rotatable bonds is 6. The summed E-state index contributed by atoms with van der Waals surface area (Å²) >= 11 is 1.34. The lowest BCUT2D eigenvalue weighted by Crippen LogP contribution is -2.46. The molecule has 0 radical (unpaired) electrons. The minimum absolute atomic E-state index is 0.00475. The zero-order valence-electron chi connectivity index (χ0n) is 20.4. The van der Waals surface area contributed by atoms with Crippen molar-refractivity contribution >= 4 is 34.5 Å². The number of aromatic carboxylic acids is 1. The molecule has 35 heavy (non-hydrogen) atoms. The third-order valence-electron chi connectivity index (χ3n) is 8.19. The predicted octanol–water partition coefficient (Wildman–Crippen LogP) is 5.80. The highest BCUT2D eigenvalue weighted by Gasteiger charge is 2.38. The molecule has 5 rings (SSSR count). The molecule has 0 saturated heterocycles. The van der Waals surface area contributed by atoms with Crippen LogP contribution in [0.2, 0.25) is 0 Å². The first-order valence-corrected chi connectivity index (χ1v) is 14.0. The fourth-order valence-corrected chi connectivity index (χ4v) is 7.14. The van der Waals surface area contributed by atoms with Gasteiger partial charge in [0, 0.05) is 22.8 Å². The predicted molar refractivity (Wildman–Crippen MR) is 136 cm³/mol. The quantitative estimate of drug-likeness (QED) is 0.521. The van der Waals surface area contributed by atoms with Crippen molar-refractivity contribution in [1.29, 1.82) is 0 Å². The number of thiophene rings is 1. The number of anilines is 1. The van der Waals surface area contributed by atoms with E-state index in [9.17, 15) is 14.7 Å². The molecule has 2 saturated carbocycles. The second-order valence-electron chi connectivity index (χ2n) is 10.6. The third kappa shape index (κ3) is 5.20. The van der Waals surface area contributed by atoms with Crippen LogP contribution in [0, 0.1) is 11.8 Å². The van der Waals surface area contributed by atoms with Crippen LogP contribution in [0.15, 0.2) is 12.1 Å². The van der Waals surface area contributed by atoms with Gasteiger partial charge >= 0.3 is 5.97 Å². The van der Waals surface area contributed by atoms with E-state index >= 15 is 0 Å². The van der Waals surface area contributed by atoms with Crippen LogP contribution in [-0.2, 0) is 4.79 Å². The Hall–Kier alpha value is -2.55. The van der Waals surface area contributed by atoms with Gasteiger partial charge in [0.2, 0.25) is 5.91 Å². The highest BCUT2D eigenvalue weighted by Crippen LogP contribution is 2.43. The second-order valence-corrected chi connectivity index (χ2v) is 11.6. The van der Waals surface area contributed by atoms with E-state index in [1.165, 1.54) is 23.3 Å². The number of hydrogen-bond donors (Lipinski definition) is 2. The van der Waals surface area contributed by atoms with Crippen LogP contribution < -0.4 is 4.90 Å². The number of hydrogen-bond acceptors (Lipinski definition) is 6. The Morgan fingerprint density at radius 1 is 1.09 bits per heavy atom. The normalized spacial score (nSPS) is 27.3. The summed E-state index contributed by atoms with van der Waals surface area (Å²) in [5.41, 5.74) is 1.84. The maximum atomic E-state index is 14.1. The number of nitrogens with zero attached hydrogens (tertiary/aromatic N) is 4. The van der Waals surface area contributed by atoms with Gasteiger partial charge in [-0.2, -0.15) is 0 Å². The molecule has 8 nitrogen and oxygen atoms in total. The molecule has 3 aliphatic rings. The standard InChI is InChI=1S/C26H35N5O3S/c1-16-7-9-19(10-8-16)25(32)31(20-13-11-18(12-14-20)24-27-29-30-28-24)21-15-22(35-23(21)26(33)34)17-5-3-2-4-6-17/h5,15-16,18-20H,2-4,6-14H2,1H3,(H,33,34)(H,27,28,29,30). The number of amides is 1. The van der Waals surface area contributed by atoms with E-state index in [1.807, 2.05) is 11.0 Å². The monoisotopic (exact) mass is 497 g/mol. The minimum Gasteiger partial charge on any atom is -0.477 e. The highest BCUT2D eigenvalue weighted by molar-refractivity contribution is 7.15. The van der Waals surface area contributed by atoms with E-state index in [-0.39, 0.29) is 23.8 Å². The molecule has 2 fully saturated rings. The van der Waals surface area contributed by atoms with Crippen LogP contribution in [0.5, 0.6) is 0 Å². The fraction of sp³-hybridized carbons (Fsp3) is 0.654. The van der Waals surface area contributed by atoms with E-state index < -0.39 is 5.97 Å². The summed E-state index contributed by atoms with van der Waals surface area (Å²) in [6.45, 7) is 2.25. The maximum absolute atomic E-state index is 14.1. The third-order valence-corrected chi connectivity index (χ3v) is 9.37. The molecule has 2 N–H and O–H groups in total. The molecule has 0 spiro atoms. The van der Waals surface area contributed by atoms with Crippen molar-refractivity contribution in [2.75, 3.05) is 4.90 Å². The summed E-state index contributed by atoms with van der Waals surface area (Å²) in [6.07, 6.45) is 13.8. The van der Waals surface area contributed by atoms with E-state index in [2.05, 4.69) is 33.6 Å². The fourth-order valence-electron chi connectivity index (χ4n) is 6.08. The average Bonchev–Trinajstić information content (AvgIpc) is 3.57. The Labute approximate surface area is 210 Å². The number of H-pyrrole nitrogens is 1. The van der Waals surface area contributed by atoms with E-state index in [4.69, 9.17) is 0 Å². The lowest BCUT2D eigenvalue weighted by Gasteiger charge is -2.39. The van der Waals surface area contributed by atoms with E-state index in [0.29, 0.717) is 16.5 Å². The molecule has 3 aliphatic carbocycles. The Morgan fingerprint density at radius 3 is 2.49 bits per heavy atom. The molecular formula is C26H35N5O3S. The first-order valence-electron chi connectivity index (χ1n) is 13.1. The van der Waals surface area contributed by atoms with Crippen molar-refractivity contribution in [2.24, 2.45) is 11.8 Å². The van der Waals surface area contributed by atoms with Gasteiger partial charge in [-0.1, -0.05) is 13.0 Å². The Morgan fingerprint density at radius 2 is 1.86 bits per heavy atom. The number of carboxylic acids is 1. The summed E-state index contributed by atoms with van der Waals surface area (Å²) < 4.78 is 0. The second kappa shape index (κ2) is 10.6. The van der Waals surface area contributed by atoms with E-state index in [1.54, 1.807) is 0 Å². The van der Waals surface area contributed by atoms with Crippen LogP contribution in [-0.4, -0.2) is 43.6 Å². The van der Waals surface area contributed by atoms with Crippen molar-refractivity contribution < 1.29 is 14.7 Å². The molecule has 0 atom stereocenters. The smallest absolute Gasteiger partial charge is 0.348 e. The molecule has 1 amide bonds. The van der Waals surface area contributed by atoms with Gasteiger partial charge in [-0.05, 0) is 105 Å². The van der Waals surface area contributed by atoms with Crippen molar-refractivity contribution in [2.45, 2.75) is 95.9 Å². The van der Waals surface area contributed by atoms with Crippen molar-refractivity contribution in [1.82, 2.24) is 20.6 Å². The molecule has 2 heterocycles. The average molecular weight is 498 g/mol. The molecule has 0 aromatic carbocycles. The van der Waals surface area contributed by atoms with Gasteiger partial charge in [-0.3, -0.25) is 4.79 Å². The van der Waals surface area contributed by atoms with Gasteiger partial charge in [-0.15, -0.1) is 16.4 Å². The van der Waals surface area contributed by atoms with Crippen molar-refractivity contribution in [3.63, 3.8) is 0 Å². The van der Waals surface area contributed by atoms with Gasteiger partial charge in [0.25, 0.3) is 0 Å². The number of nitrogens with one attached hydrogen (secondary N) is 1. The number of aromatic amines is 1. The number of carbonyl (C=O) groups excluding carboxylic acids is 1. The van der Waals surface area contributed by atoms with Gasteiger partial charge in [0.15, 0.2) is 5.82 Å². The van der Waals surface area contributed by atoms with Crippen molar-refractivity contribution in [3.05, 3.63) is 27.7 Å². The van der Waals surface area contributed by atoms with Crippen LogP contribution in [0.25, 0.3) is 5.57 Å². The van der Waals surface area contributed by atoms with Crippen molar-refractivity contribution in [3.8, 4) is 0 Å². The number of carbonyl (C=O) groups is 2. The number of carboxylic acid groups (broad SMARTS) is 1. The first kappa shape index (κ1) is 24.2. The van der Waals surface area contributed by atoms with Crippen LogP contribution >= 0.6 is 11.3 Å². The summed E-state index contributed by atoms with van der Waals surface area (Å²) in [7, 11) is 0. The minimum atomic E-state index is -0.941. The maximum Gasteiger partial charge on any atom is 0.348 e. The molecule has 2 aromatic rings. The number of tetrazole rings is 1. The lowest BCUT2D eigenvalue weighted by atomic mass is 9.80. The summed E-state index contributed by atoms with van der Waals surface area (Å²) in [6, 6.07) is 2.00. The molecule has 2 aromatic heterocycles. The highest BCUT2D eigenvalue weighted by atomic mass is 32.1. The lowest BCUT2D eigenvalue weighted by molar-refractivity contribution is -0.124. The SMILES string of the molecule is CC1CCC(C(=O)N(c2cc(C3=CCCCC3)sc2C(=O)O)C2CCC(c3nnn[nH]3)CC2)CC1. The first-order chi connectivity index (χ1) is 17.0. The number of allylic oxidation sites excluding steroid dienone is 2.